The molecule has 3 aromatic rings. The zero-order valence-electron chi connectivity index (χ0n) is 17.6. The highest BCUT2D eigenvalue weighted by molar-refractivity contribution is 5.94. The van der Waals surface area contributed by atoms with Gasteiger partial charge in [-0.25, -0.2) is 14.4 Å². The maximum Gasteiger partial charge on any atom is 0.251 e. The molecule has 166 valence electrons. The summed E-state index contributed by atoms with van der Waals surface area (Å²) in [5, 5.41) is 15.7. The van der Waals surface area contributed by atoms with Crippen LogP contribution in [0.3, 0.4) is 0 Å². The van der Waals surface area contributed by atoms with E-state index in [0.717, 1.165) is 12.8 Å². The summed E-state index contributed by atoms with van der Waals surface area (Å²) in [6.07, 6.45) is 4.10. The van der Waals surface area contributed by atoms with E-state index < -0.39 is 5.82 Å². The number of amides is 1. The quantitative estimate of drug-likeness (QED) is 0.542. The summed E-state index contributed by atoms with van der Waals surface area (Å²) in [4.78, 5) is 25.1. The summed E-state index contributed by atoms with van der Waals surface area (Å²) >= 11 is 0. The van der Waals surface area contributed by atoms with Gasteiger partial charge in [0.15, 0.2) is 5.82 Å². The van der Waals surface area contributed by atoms with Gasteiger partial charge < -0.3 is 20.5 Å². The van der Waals surface area contributed by atoms with Crippen molar-refractivity contribution in [3.05, 3.63) is 60.2 Å². The number of hydrogen-bond acceptors (Lipinski definition) is 7. The van der Waals surface area contributed by atoms with Crippen molar-refractivity contribution in [1.29, 1.82) is 0 Å². The number of halogens is 1. The molecule has 0 unspecified atom stereocenters. The average molecular weight is 437 g/mol. The molecule has 0 atom stereocenters. The lowest BCUT2D eigenvalue weighted by atomic mass is 9.93. The second kappa shape index (κ2) is 9.69. The highest BCUT2D eigenvalue weighted by Crippen LogP contribution is 2.28. The Morgan fingerprint density at radius 1 is 1.09 bits per heavy atom. The summed E-state index contributed by atoms with van der Waals surface area (Å²) in [7, 11) is 1.45. The van der Waals surface area contributed by atoms with Crippen LogP contribution >= 0.6 is 0 Å². The summed E-state index contributed by atoms with van der Waals surface area (Å²) in [5.41, 5.74) is 1.79. The van der Waals surface area contributed by atoms with Gasteiger partial charge in [0.05, 0.1) is 18.8 Å². The Kier molecular flexibility index (Phi) is 6.55. The number of rotatable bonds is 6. The van der Waals surface area contributed by atoms with Crippen LogP contribution < -0.4 is 15.4 Å². The highest BCUT2D eigenvalue weighted by atomic mass is 19.1. The second-order valence-corrected chi connectivity index (χ2v) is 7.66. The number of benzene rings is 2. The molecule has 3 N–H and O–H groups in total. The normalized spacial score (nSPS) is 18.1. The fourth-order valence-electron chi connectivity index (χ4n) is 3.66. The molecular formula is C23H24FN5O3. The summed E-state index contributed by atoms with van der Waals surface area (Å²) in [6, 6.07) is 11.2. The highest BCUT2D eigenvalue weighted by Gasteiger charge is 2.21. The zero-order valence-corrected chi connectivity index (χ0v) is 17.6. The molecule has 1 saturated carbocycles. The van der Waals surface area contributed by atoms with E-state index in [2.05, 4.69) is 25.6 Å². The fraction of sp³-hybridized carbons (Fsp3) is 0.304. The predicted molar refractivity (Wildman–Crippen MR) is 117 cm³/mol. The van der Waals surface area contributed by atoms with Crippen LogP contribution in [0.5, 0.6) is 5.75 Å². The Hall–Kier alpha value is -3.59. The van der Waals surface area contributed by atoms with Crippen LogP contribution in [0.2, 0.25) is 0 Å². The Labute approximate surface area is 184 Å². The second-order valence-electron chi connectivity index (χ2n) is 7.66. The molecule has 0 radical (unpaired) electrons. The van der Waals surface area contributed by atoms with Gasteiger partial charge in [0.1, 0.15) is 17.9 Å². The Morgan fingerprint density at radius 3 is 2.56 bits per heavy atom. The third-order valence-corrected chi connectivity index (χ3v) is 5.41. The van der Waals surface area contributed by atoms with Crippen LogP contribution in [0.25, 0.3) is 11.4 Å². The molecule has 8 nitrogen and oxygen atoms in total. The Balaban J connectivity index is 1.43. The van der Waals surface area contributed by atoms with Crippen LogP contribution in [0.15, 0.2) is 48.8 Å². The average Bonchev–Trinajstić information content (AvgIpc) is 2.81. The van der Waals surface area contributed by atoms with Crippen LogP contribution in [0.1, 0.15) is 36.0 Å². The molecule has 1 amide bonds. The fourth-order valence-corrected chi connectivity index (χ4v) is 3.66. The van der Waals surface area contributed by atoms with Gasteiger partial charge in [0.25, 0.3) is 5.91 Å². The smallest absolute Gasteiger partial charge is 0.251 e. The SMILES string of the molecule is COc1cc(F)ccc1-c1ncnc(Nc2ccc(C(=O)NC3CCC(O)CC3)cc2)n1. The van der Waals surface area contributed by atoms with Crippen molar-refractivity contribution in [3.8, 4) is 17.1 Å². The molecule has 1 aromatic heterocycles. The molecule has 1 heterocycles. The molecular weight excluding hydrogens is 413 g/mol. The minimum absolute atomic E-state index is 0.0933. The largest absolute Gasteiger partial charge is 0.496 e. The predicted octanol–water partition coefficient (Wildman–Crippen LogP) is 3.46. The van der Waals surface area contributed by atoms with Gasteiger partial charge in [0, 0.05) is 23.4 Å². The molecule has 1 aliphatic carbocycles. The molecule has 9 heteroatoms. The van der Waals surface area contributed by atoms with E-state index in [1.54, 1.807) is 30.3 Å². The van der Waals surface area contributed by atoms with Gasteiger partial charge in [-0.1, -0.05) is 0 Å². The number of nitrogens with zero attached hydrogens (tertiary/aromatic N) is 3. The number of methoxy groups -OCH3 is 1. The number of carbonyl (C=O) groups excluding carboxylic acids is 1. The molecule has 2 aromatic carbocycles. The topological polar surface area (TPSA) is 109 Å². The van der Waals surface area contributed by atoms with E-state index >= 15 is 0 Å². The lowest BCUT2D eigenvalue weighted by Gasteiger charge is -2.26. The number of aliphatic hydroxyl groups is 1. The molecule has 0 saturated heterocycles. The first-order chi connectivity index (χ1) is 15.5. The van der Waals surface area contributed by atoms with Crippen LogP contribution in [-0.2, 0) is 0 Å². The number of aromatic nitrogens is 3. The molecule has 1 aliphatic rings. The third-order valence-electron chi connectivity index (χ3n) is 5.41. The van der Waals surface area contributed by atoms with Crippen molar-refractivity contribution >= 4 is 17.5 Å². The summed E-state index contributed by atoms with van der Waals surface area (Å²) in [6.45, 7) is 0. The minimum atomic E-state index is -0.414. The van der Waals surface area contributed by atoms with Gasteiger partial charge in [-0.15, -0.1) is 0 Å². The number of ether oxygens (including phenoxy) is 1. The maximum absolute atomic E-state index is 13.5. The molecule has 0 aliphatic heterocycles. The van der Waals surface area contributed by atoms with E-state index in [1.807, 2.05) is 0 Å². The summed E-state index contributed by atoms with van der Waals surface area (Å²) < 4.78 is 18.7. The first kappa shape index (κ1) is 21.6. The van der Waals surface area contributed by atoms with Crippen molar-refractivity contribution < 1.29 is 19.0 Å². The summed E-state index contributed by atoms with van der Waals surface area (Å²) in [5.74, 6) is 0.421. The first-order valence-corrected chi connectivity index (χ1v) is 10.4. The van der Waals surface area contributed by atoms with Crippen LogP contribution in [0.4, 0.5) is 16.0 Å². The standard InChI is InChI=1S/C23H24FN5O3/c1-32-20-12-15(24)4-11-19(20)21-25-13-26-23(29-21)28-17-5-2-14(3-6-17)22(31)27-16-7-9-18(30)10-8-16/h2-6,11-13,16,18,30H,7-10H2,1H3,(H,27,31)(H,25,26,28,29). The van der Waals surface area contributed by atoms with Crippen molar-refractivity contribution in [2.75, 3.05) is 12.4 Å². The van der Waals surface area contributed by atoms with Crippen molar-refractivity contribution in [3.63, 3.8) is 0 Å². The third kappa shape index (κ3) is 5.17. The molecule has 0 spiro atoms. The van der Waals surface area contributed by atoms with Crippen molar-refractivity contribution in [2.24, 2.45) is 0 Å². The lowest BCUT2D eigenvalue weighted by Crippen LogP contribution is -2.38. The molecule has 32 heavy (non-hydrogen) atoms. The van der Waals surface area contributed by atoms with Crippen molar-refractivity contribution in [2.45, 2.75) is 37.8 Å². The van der Waals surface area contributed by atoms with Crippen LogP contribution in [0, 0.1) is 5.82 Å². The maximum atomic E-state index is 13.5. The number of aliphatic hydroxyl groups excluding tert-OH is 1. The van der Waals surface area contributed by atoms with Crippen LogP contribution in [-0.4, -0.2) is 45.2 Å². The molecule has 1 fully saturated rings. The number of hydrogen-bond donors (Lipinski definition) is 3. The van der Waals surface area contributed by atoms with E-state index in [4.69, 9.17) is 4.74 Å². The van der Waals surface area contributed by atoms with Gasteiger partial charge in [-0.05, 0) is 62.1 Å². The minimum Gasteiger partial charge on any atom is -0.496 e. The lowest BCUT2D eigenvalue weighted by molar-refractivity contribution is 0.0867. The van der Waals surface area contributed by atoms with Gasteiger partial charge >= 0.3 is 0 Å². The molecule has 4 rings (SSSR count). The Morgan fingerprint density at radius 2 is 1.84 bits per heavy atom. The number of nitrogens with one attached hydrogen (secondary N) is 2. The van der Waals surface area contributed by atoms with Gasteiger partial charge in [0.2, 0.25) is 5.95 Å². The number of carbonyl (C=O) groups is 1. The molecule has 0 bridgehead atoms. The van der Waals surface area contributed by atoms with Gasteiger partial charge in [-0.3, -0.25) is 4.79 Å². The van der Waals surface area contributed by atoms with Gasteiger partial charge in [-0.2, -0.15) is 4.98 Å². The van der Waals surface area contributed by atoms with E-state index in [-0.39, 0.29) is 18.1 Å². The first-order valence-electron chi connectivity index (χ1n) is 10.4. The Bertz CT molecular complexity index is 1090. The number of anilines is 2. The van der Waals surface area contributed by atoms with Crippen molar-refractivity contribution in [1.82, 2.24) is 20.3 Å². The monoisotopic (exact) mass is 437 g/mol. The van der Waals surface area contributed by atoms with E-state index in [9.17, 15) is 14.3 Å². The van der Waals surface area contributed by atoms with E-state index in [0.29, 0.717) is 47.2 Å². The zero-order chi connectivity index (χ0) is 22.5. The van der Waals surface area contributed by atoms with E-state index in [1.165, 1.54) is 25.6 Å².